The third kappa shape index (κ3) is 5.32. The largest absolute Gasteiger partial charge is 0.486 e. The number of thioether (sulfide) groups is 1. The second kappa shape index (κ2) is 10.6. The van der Waals surface area contributed by atoms with Crippen LogP contribution >= 0.6 is 23.1 Å². The minimum Gasteiger partial charge on any atom is -0.486 e. The van der Waals surface area contributed by atoms with Crippen molar-refractivity contribution in [3.05, 3.63) is 77.7 Å². The lowest BCUT2D eigenvalue weighted by Crippen LogP contribution is -2.32. The molecule has 0 bridgehead atoms. The highest BCUT2D eigenvalue weighted by Gasteiger charge is 2.20. The van der Waals surface area contributed by atoms with Crippen LogP contribution in [-0.4, -0.2) is 46.6 Å². The van der Waals surface area contributed by atoms with E-state index in [-0.39, 0.29) is 11.7 Å². The summed E-state index contributed by atoms with van der Waals surface area (Å²) in [6.07, 6.45) is 3.99. The van der Waals surface area contributed by atoms with E-state index in [4.69, 9.17) is 9.47 Å². The lowest BCUT2D eigenvalue weighted by molar-refractivity contribution is -0.116. The summed E-state index contributed by atoms with van der Waals surface area (Å²) in [5.41, 5.74) is 1.83. The molecule has 0 radical (unpaired) electrons. The summed E-state index contributed by atoms with van der Waals surface area (Å²) in [6, 6.07) is 19.5. The number of ether oxygens (including phenoxy) is 2. The van der Waals surface area contributed by atoms with Gasteiger partial charge in [-0.1, -0.05) is 60.3 Å². The molecule has 1 N–H and O–H groups in total. The zero-order valence-corrected chi connectivity index (χ0v) is 19.8. The highest BCUT2D eigenvalue weighted by atomic mass is 32.2. The Bertz CT molecular complexity index is 1270. The number of benzene rings is 2. The van der Waals surface area contributed by atoms with E-state index in [1.807, 2.05) is 78.2 Å². The smallest absolute Gasteiger partial charge is 0.237 e. The fourth-order valence-corrected chi connectivity index (χ4v) is 4.79. The summed E-state index contributed by atoms with van der Waals surface area (Å²) in [4.78, 5) is 20.5. The van der Waals surface area contributed by atoms with E-state index in [1.165, 1.54) is 11.8 Å². The summed E-state index contributed by atoms with van der Waals surface area (Å²) >= 11 is 2.89. The molecule has 1 aliphatic heterocycles. The van der Waals surface area contributed by atoms with E-state index in [2.05, 4.69) is 15.2 Å². The SMILES string of the molecule is O=C(CSc1n[nH]c(-c2cccs2)n1)N(CC=Cc1ccccc1)c1ccc2c(c1)OCCO2. The number of H-pyrrole nitrogens is 1. The maximum absolute atomic E-state index is 13.3. The Labute approximate surface area is 205 Å². The zero-order valence-electron chi connectivity index (χ0n) is 18.2. The molecule has 0 saturated carbocycles. The van der Waals surface area contributed by atoms with Crippen molar-refractivity contribution in [2.24, 2.45) is 0 Å². The zero-order chi connectivity index (χ0) is 23.2. The van der Waals surface area contributed by atoms with Crippen LogP contribution in [0.25, 0.3) is 16.8 Å². The number of hydrogen-bond acceptors (Lipinski definition) is 7. The lowest BCUT2D eigenvalue weighted by atomic mass is 10.2. The average Bonchev–Trinajstić information content (AvgIpc) is 3.58. The molecule has 34 heavy (non-hydrogen) atoms. The molecule has 1 amide bonds. The predicted octanol–water partition coefficient (Wildman–Crippen LogP) is 5.14. The number of carbonyl (C=O) groups excluding carboxylic acids is 1. The van der Waals surface area contributed by atoms with Crippen molar-refractivity contribution >= 4 is 40.8 Å². The van der Waals surface area contributed by atoms with Crippen molar-refractivity contribution in [3.63, 3.8) is 0 Å². The highest BCUT2D eigenvalue weighted by molar-refractivity contribution is 7.99. The van der Waals surface area contributed by atoms with E-state index in [9.17, 15) is 4.79 Å². The number of rotatable bonds is 8. The first kappa shape index (κ1) is 22.2. The van der Waals surface area contributed by atoms with Gasteiger partial charge in [0.25, 0.3) is 0 Å². The van der Waals surface area contributed by atoms with Gasteiger partial charge in [0.15, 0.2) is 17.3 Å². The summed E-state index contributed by atoms with van der Waals surface area (Å²) in [7, 11) is 0. The number of aromatic amines is 1. The number of anilines is 1. The van der Waals surface area contributed by atoms with Gasteiger partial charge in [-0.15, -0.1) is 16.4 Å². The average molecular weight is 491 g/mol. The molecule has 0 aliphatic carbocycles. The van der Waals surface area contributed by atoms with Crippen LogP contribution in [0.15, 0.2) is 77.3 Å². The Morgan fingerprint density at radius 2 is 1.94 bits per heavy atom. The number of fused-ring (bicyclic) bond motifs is 1. The molecular formula is C25H22N4O3S2. The van der Waals surface area contributed by atoms with Crippen molar-refractivity contribution in [3.8, 4) is 22.2 Å². The van der Waals surface area contributed by atoms with Gasteiger partial charge in [-0.25, -0.2) is 4.98 Å². The maximum atomic E-state index is 13.3. The first-order valence-corrected chi connectivity index (χ1v) is 12.6. The summed E-state index contributed by atoms with van der Waals surface area (Å²) in [6.45, 7) is 1.43. The fourth-order valence-electron chi connectivity index (χ4n) is 3.45. The number of hydrogen-bond donors (Lipinski definition) is 1. The van der Waals surface area contributed by atoms with Gasteiger partial charge in [-0.05, 0) is 29.1 Å². The van der Waals surface area contributed by atoms with Gasteiger partial charge in [0.05, 0.1) is 10.6 Å². The minimum atomic E-state index is -0.0538. The summed E-state index contributed by atoms with van der Waals surface area (Å²) in [5.74, 6) is 2.20. The van der Waals surface area contributed by atoms with Crippen molar-refractivity contribution < 1.29 is 14.3 Å². The molecule has 2 aromatic heterocycles. The number of aromatic nitrogens is 3. The monoisotopic (exact) mass is 490 g/mol. The molecule has 3 heterocycles. The van der Waals surface area contributed by atoms with Crippen molar-refractivity contribution in [2.45, 2.75) is 5.16 Å². The standard InChI is InChI=1S/C25H22N4O3S2/c30-23(17-34-25-26-24(27-28-25)22-9-5-15-33-22)29(12-4-8-18-6-2-1-3-7-18)19-10-11-20-21(16-19)32-14-13-31-20/h1-11,15-16H,12-14,17H2,(H,26,27,28). The Hall–Kier alpha value is -3.56. The van der Waals surface area contributed by atoms with Crippen molar-refractivity contribution in [1.29, 1.82) is 0 Å². The number of thiophene rings is 1. The van der Waals surface area contributed by atoms with Crippen LogP contribution in [-0.2, 0) is 4.79 Å². The van der Waals surface area contributed by atoms with E-state index in [0.717, 1.165) is 16.1 Å². The van der Waals surface area contributed by atoms with Crippen molar-refractivity contribution in [1.82, 2.24) is 15.2 Å². The van der Waals surface area contributed by atoms with Crippen molar-refractivity contribution in [2.75, 3.05) is 30.4 Å². The molecule has 0 fully saturated rings. The Kier molecular flexibility index (Phi) is 6.92. The minimum absolute atomic E-state index is 0.0538. The van der Waals surface area contributed by atoms with Gasteiger partial charge in [0.1, 0.15) is 13.2 Å². The Balaban J connectivity index is 1.31. The highest BCUT2D eigenvalue weighted by Crippen LogP contribution is 2.34. The maximum Gasteiger partial charge on any atom is 0.237 e. The van der Waals surface area contributed by atoms with Gasteiger partial charge in [-0.2, -0.15) is 0 Å². The fraction of sp³-hybridized carbons (Fsp3) is 0.160. The molecule has 0 atom stereocenters. The predicted molar refractivity (Wildman–Crippen MR) is 136 cm³/mol. The third-order valence-corrected chi connectivity index (χ3v) is 6.79. The Morgan fingerprint density at radius 1 is 1.09 bits per heavy atom. The van der Waals surface area contributed by atoms with E-state index < -0.39 is 0 Å². The molecule has 1 aliphatic rings. The van der Waals surface area contributed by atoms with Gasteiger partial charge < -0.3 is 14.4 Å². The topological polar surface area (TPSA) is 80.3 Å². The molecule has 0 unspecified atom stereocenters. The Morgan fingerprint density at radius 3 is 2.76 bits per heavy atom. The van der Waals surface area contributed by atoms with E-state index >= 15 is 0 Å². The first-order valence-electron chi connectivity index (χ1n) is 10.8. The number of carbonyl (C=O) groups is 1. The number of nitrogens with one attached hydrogen (secondary N) is 1. The third-order valence-electron chi connectivity index (χ3n) is 5.08. The van der Waals surface area contributed by atoms with Gasteiger partial charge in [-0.3, -0.25) is 9.89 Å². The number of nitrogens with zero attached hydrogens (tertiary/aromatic N) is 3. The molecule has 0 spiro atoms. The molecule has 9 heteroatoms. The molecular weight excluding hydrogens is 468 g/mol. The van der Waals surface area contributed by atoms with Crippen LogP contribution < -0.4 is 14.4 Å². The van der Waals surface area contributed by atoms with Gasteiger partial charge in [0.2, 0.25) is 11.1 Å². The second-order valence-corrected chi connectivity index (χ2v) is 9.27. The van der Waals surface area contributed by atoms with Gasteiger partial charge in [0, 0.05) is 18.3 Å². The van der Waals surface area contributed by atoms with Crippen LogP contribution in [0, 0.1) is 0 Å². The molecule has 2 aromatic carbocycles. The van der Waals surface area contributed by atoms with Crippen LogP contribution in [0.4, 0.5) is 5.69 Å². The first-order chi connectivity index (χ1) is 16.8. The summed E-state index contributed by atoms with van der Waals surface area (Å²) in [5, 5.41) is 9.72. The molecule has 4 aromatic rings. The van der Waals surface area contributed by atoms with Crippen LogP contribution in [0.1, 0.15) is 5.56 Å². The number of amides is 1. The second-order valence-electron chi connectivity index (χ2n) is 7.38. The molecule has 5 rings (SSSR count). The summed E-state index contributed by atoms with van der Waals surface area (Å²) < 4.78 is 11.4. The lowest BCUT2D eigenvalue weighted by Gasteiger charge is -2.24. The van der Waals surface area contributed by atoms with E-state index in [0.29, 0.717) is 42.2 Å². The quantitative estimate of drug-likeness (QED) is 0.345. The normalized spacial score (nSPS) is 12.7. The van der Waals surface area contributed by atoms with Crippen LogP contribution in [0.3, 0.4) is 0 Å². The molecule has 7 nitrogen and oxygen atoms in total. The van der Waals surface area contributed by atoms with Gasteiger partial charge >= 0.3 is 0 Å². The van der Waals surface area contributed by atoms with Crippen LogP contribution in [0.2, 0.25) is 0 Å². The van der Waals surface area contributed by atoms with E-state index in [1.54, 1.807) is 16.2 Å². The molecule has 0 saturated heterocycles. The molecule has 172 valence electrons. The van der Waals surface area contributed by atoms with Crippen LogP contribution in [0.5, 0.6) is 11.5 Å².